The number of hydrogen-bond donors (Lipinski definition) is 1. The zero-order valence-electron chi connectivity index (χ0n) is 17.0. The molecule has 1 aromatic carbocycles. The Morgan fingerprint density at radius 3 is 2.36 bits per heavy atom. The highest BCUT2D eigenvalue weighted by Crippen LogP contribution is 2.36. The van der Waals surface area contributed by atoms with Crippen molar-refractivity contribution in [1.29, 1.82) is 0 Å². The van der Waals surface area contributed by atoms with Crippen molar-refractivity contribution in [2.24, 2.45) is 0 Å². The number of methoxy groups -OCH3 is 1. The van der Waals surface area contributed by atoms with E-state index in [1.165, 1.54) is 34.2 Å². The molecule has 0 radical (unpaired) electrons. The summed E-state index contributed by atoms with van der Waals surface area (Å²) in [6.45, 7) is 4.27. The third-order valence-electron chi connectivity index (χ3n) is 5.94. The second-order valence-electron chi connectivity index (χ2n) is 7.55. The van der Waals surface area contributed by atoms with Gasteiger partial charge in [-0.1, -0.05) is 17.7 Å². The van der Waals surface area contributed by atoms with Gasteiger partial charge in [0.05, 0.1) is 7.11 Å². The molecule has 1 N–H and O–H groups in total. The molecule has 0 atom stereocenters. The molecule has 1 aliphatic rings. The average molecular weight is 380 g/mol. The molecular weight excluding hydrogens is 350 g/mol. The van der Waals surface area contributed by atoms with Crippen molar-refractivity contribution in [2.75, 3.05) is 7.11 Å². The highest BCUT2D eigenvalue weighted by atomic mass is 16.5. The lowest BCUT2D eigenvalue weighted by molar-refractivity contribution is -0.136. The van der Waals surface area contributed by atoms with E-state index in [0.29, 0.717) is 12.3 Å². The first-order chi connectivity index (χ1) is 13.5. The molecule has 0 bridgehead atoms. The maximum Gasteiger partial charge on any atom is 0.303 e. The lowest BCUT2D eigenvalue weighted by Gasteiger charge is -2.14. The fourth-order valence-corrected chi connectivity index (χ4v) is 4.11. The van der Waals surface area contributed by atoms with Crippen molar-refractivity contribution in [3.8, 4) is 5.88 Å². The predicted octanol–water partition coefficient (Wildman–Crippen LogP) is 5.29. The van der Waals surface area contributed by atoms with Crippen molar-refractivity contribution in [3.63, 3.8) is 0 Å². The Morgan fingerprint density at radius 1 is 1.04 bits per heavy atom. The Kier molecular flexibility index (Phi) is 6.50. The number of aromatic nitrogens is 1. The van der Waals surface area contributed by atoms with Gasteiger partial charge in [-0.05, 0) is 91.8 Å². The van der Waals surface area contributed by atoms with Crippen LogP contribution in [0.2, 0.25) is 0 Å². The first-order valence-electron chi connectivity index (χ1n) is 10.0. The number of allylic oxidation sites excluding steroid dienone is 2. The van der Waals surface area contributed by atoms with E-state index in [1.54, 1.807) is 12.7 Å². The van der Waals surface area contributed by atoms with Gasteiger partial charge < -0.3 is 9.84 Å². The molecular formula is C24H29NO3. The summed E-state index contributed by atoms with van der Waals surface area (Å²) < 4.78 is 5.17. The Labute approximate surface area is 167 Å². The number of carbonyl (C=O) groups is 1. The number of aryl methyl sites for hydroxylation is 2. The van der Waals surface area contributed by atoms with Crippen molar-refractivity contribution in [2.45, 2.75) is 58.8 Å². The average Bonchev–Trinajstić information content (AvgIpc) is 3.17. The molecule has 0 spiro atoms. The molecule has 4 nitrogen and oxygen atoms in total. The van der Waals surface area contributed by atoms with Crippen molar-refractivity contribution >= 4 is 11.5 Å². The van der Waals surface area contributed by atoms with E-state index in [2.05, 4.69) is 37.0 Å². The summed E-state index contributed by atoms with van der Waals surface area (Å²) in [7, 11) is 1.64. The second-order valence-corrected chi connectivity index (χ2v) is 7.55. The molecule has 4 heteroatoms. The van der Waals surface area contributed by atoms with Crippen molar-refractivity contribution < 1.29 is 14.6 Å². The summed E-state index contributed by atoms with van der Waals surface area (Å²) in [4.78, 5) is 15.2. The number of pyridine rings is 1. The molecule has 1 aromatic heterocycles. The van der Waals surface area contributed by atoms with E-state index in [9.17, 15) is 4.79 Å². The Morgan fingerprint density at radius 2 is 1.75 bits per heavy atom. The topological polar surface area (TPSA) is 59.4 Å². The van der Waals surface area contributed by atoms with Crippen LogP contribution in [0.1, 0.15) is 59.9 Å². The first kappa shape index (κ1) is 20.1. The van der Waals surface area contributed by atoms with Crippen LogP contribution in [0, 0.1) is 13.8 Å². The monoisotopic (exact) mass is 379 g/mol. The molecule has 3 rings (SSSR count). The van der Waals surface area contributed by atoms with E-state index in [1.807, 2.05) is 12.3 Å². The number of rotatable bonds is 8. The first-order valence-corrected chi connectivity index (χ1v) is 10.0. The van der Waals surface area contributed by atoms with Crippen molar-refractivity contribution in [3.05, 3.63) is 63.9 Å². The Balaban J connectivity index is 1.73. The zero-order chi connectivity index (χ0) is 20.1. The molecule has 148 valence electrons. The van der Waals surface area contributed by atoms with Gasteiger partial charge in [0.15, 0.2) is 0 Å². The third-order valence-corrected chi connectivity index (χ3v) is 5.94. The fraction of sp³-hybridized carbons (Fsp3) is 0.417. The van der Waals surface area contributed by atoms with Crippen LogP contribution in [0.3, 0.4) is 0 Å². The number of hydrogen-bond acceptors (Lipinski definition) is 3. The molecule has 0 unspecified atom stereocenters. The molecule has 1 aliphatic carbocycles. The molecule has 1 heterocycles. The van der Waals surface area contributed by atoms with Gasteiger partial charge in [0.25, 0.3) is 0 Å². The maximum absolute atomic E-state index is 10.9. The minimum atomic E-state index is -0.741. The summed E-state index contributed by atoms with van der Waals surface area (Å²) in [6, 6.07) is 8.34. The number of nitrogens with zero attached hydrogens (tertiary/aromatic N) is 1. The predicted molar refractivity (Wildman–Crippen MR) is 112 cm³/mol. The van der Waals surface area contributed by atoms with Gasteiger partial charge in [-0.3, -0.25) is 4.79 Å². The van der Waals surface area contributed by atoms with Gasteiger partial charge in [0.1, 0.15) is 0 Å². The normalized spacial score (nSPS) is 13.8. The summed E-state index contributed by atoms with van der Waals surface area (Å²) in [6.07, 6.45) is 8.29. The van der Waals surface area contributed by atoms with E-state index < -0.39 is 5.97 Å². The number of benzene rings is 1. The Bertz CT molecular complexity index is 881. The van der Waals surface area contributed by atoms with Crippen LogP contribution in [-0.2, 0) is 17.6 Å². The van der Waals surface area contributed by atoms with Crippen LogP contribution in [0.15, 0.2) is 36.0 Å². The zero-order valence-corrected chi connectivity index (χ0v) is 17.0. The van der Waals surface area contributed by atoms with Crippen LogP contribution >= 0.6 is 0 Å². The number of ether oxygens (including phenoxy) is 1. The van der Waals surface area contributed by atoms with Gasteiger partial charge in [-0.15, -0.1) is 0 Å². The highest BCUT2D eigenvalue weighted by molar-refractivity contribution is 5.70. The molecule has 0 saturated heterocycles. The summed E-state index contributed by atoms with van der Waals surface area (Å²) in [5, 5.41) is 8.93. The van der Waals surface area contributed by atoms with Gasteiger partial charge in [-0.2, -0.15) is 0 Å². The third kappa shape index (κ3) is 4.61. The molecule has 2 aromatic rings. The SMILES string of the molecule is COc1ccc(C2=C(CCc3ccc(CCC(=O)O)c(C)c3C)CCC2)cn1. The van der Waals surface area contributed by atoms with Crippen LogP contribution in [0.5, 0.6) is 5.88 Å². The fourth-order valence-electron chi connectivity index (χ4n) is 4.11. The molecule has 0 amide bonds. The molecule has 0 saturated carbocycles. The quantitative estimate of drug-likeness (QED) is 0.676. The van der Waals surface area contributed by atoms with E-state index in [-0.39, 0.29) is 6.42 Å². The van der Waals surface area contributed by atoms with Gasteiger partial charge in [0.2, 0.25) is 5.88 Å². The van der Waals surface area contributed by atoms with Gasteiger partial charge >= 0.3 is 5.97 Å². The van der Waals surface area contributed by atoms with Crippen LogP contribution < -0.4 is 4.74 Å². The molecule has 28 heavy (non-hydrogen) atoms. The lowest BCUT2D eigenvalue weighted by atomic mass is 9.91. The number of carboxylic acid groups (broad SMARTS) is 1. The minimum Gasteiger partial charge on any atom is -0.481 e. The van der Waals surface area contributed by atoms with Crippen LogP contribution in [0.25, 0.3) is 5.57 Å². The van der Waals surface area contributed by atoms with Crippen LogP contribution in [0.4, 0.5) is 0 Å². The summed E-state index contributed by atoms with van der Waals surface area (Å²) in [5.41, 5.74) is 9.25. The minimum absolute atomic E-state index is 0.186. The number of aliphatic carboxylic acids is 1. The van der Waals surface area contributed by atoms with Crippen LogP contribution in [-0.4, -0.2) is 23.2 Å². The summed E-state index contributed by atoms with van der Waals surface area (Å²) >= 11 is 0. The second kappa shape index (κ2) is 9.05. The standard InChI is InChI=1S/C24H29NO3/c1-16-17(2)19(12-14-24(26)27)8-7-18(16)9-10-20-5-4-6-22(20)21-11-13-23(28-3)25-15-21/h7-8,11,13,15H,4-6,9-10,12,14H2,1-3H3,(H,26,27). The van der Waals surface area contributed by atoms with Crippen molar-refractivity contribution in [1.82, 2.24) is 4.98 Å². The Hall–Kier alpha value is -2.62. The van der Waals surface area contributed by atoms with Gasteiger partial charge in [0, 0.05) is 18.7 Å². The molecule has 0 aliphatic heterocycles. The molecule has 0 fully saturated rings. The number of carboxylic acids is 1. The lowest BCUT2D eigenvalue weighted by Crippen LogP contribution is -2.02. The highest BCUT2D eigenvalue weighted by Gasteiger charge is 2.17. The summed E-state index contributed by atoms with van der Waals surface area (Å²) in [5.74, 6) is -0.0900. The van der Waals surface area contributed by atoms with E-state index in [0.717, 1.165) is 31.2 Å². The van der Waals surface area contributed by atoms with Gasteiger partial charge in [-0.25, -0.2) is 4.98 Å². The van der Waals surface area contributed by atoms with E-state index >= 15 is 0 Å². The smallest absolute Gasteiger partial charge is 0.303 e. The van der Waals surface area contributed by atoms with E-state index in [4.69, 9.17) is 9.84 Å². The largest absolute Gasteiger partial charge is 0.481 e. The maximum atomic E-state index is 10.9.